The number of pyridine rings is 6. The molecule has 0 radical (unpaired) electrons. The Morgan fingerprint density at radius 2 is 0.800 bits per heavy atom. The number of H-pyrrole nitrogens is 2. The smallest absolute Gasteiger partial charge is 1.00 e. The number of aliphatic hydroxyl groups excluding tert-OH is 3. The number of ether oxygens (including phenoxy) is 2. The third-order valence-corrected chi connectivity index (χ3v) is 16.4. The largest absolute Gasteiger partial charge is 1.00 e. The van der Waals surface area contributed by atoms with Crippen molar-refractivity contribution in [2.75, 3.05) is 6.61 Å². The molecule has 0 spiro atoms. The molecule has 14 aromatic rings. The number of nitrogens with zero attached hydrogens (tertiary/aromatic N) is 13. The number of hydrogen-bond donors (Lipinski definition) is 8. The zero-order chi connectivity index (χ0) is 75.5. The molecular weight excluding hydrogens is 1440 g/mol. The minimum atomic E-state index is -0.549. The number of rotatable bonds is 15. The van der Waals surface area contributed by atoms with Crippen LogP contribution in [0.4, 0.5) is 9.59 Å². The summed E-state index contributed by atoms with van der Waals surface area (Å²) in [7, 11) is 0. The van der Waals surface area contributed by atoms with Crippen LogP contribution in [0.1, 0.15) is 75.3 Å². The Balaban J connectivity index is 0.000000202. The van der Waals surface area contributed by atoms with Crippen LogP contribution in [-0.4, -0.2) is 106 Å². The SMILES string of the molecule is CC(C)(C)OC(=O)NCc1ccc(-c2nc3ccnc(-c4n[nH]nc4CO)c3cc2-c2ccccc2)cc1.CC(C)(C)OC(=O)NCc1ccc(-c2nc3ccnc(C#CCO)c3cc2-c2ccccc2)cc1.Cl.[Cl-].[N-]=[N+]=[N-].[NH3+]Cc1ccc(-c2nc3ccnc(-c4n[nH]nc4CO)c3cc2-c2ccccc2)cc1.[Na+]. The predicted molar refractivity (Wildman–Crippen MR) is 418 cm³/mol. The van der Waals surface area contributed by atoms with Gasteiger partial charge >= 0.3 is 41.7 Å². The van der Waals surface area contributed by atoms with Gasteiger partial charge in [-0.15, -0.1) is 12.4 Å². The van der Waals surface area contributed by atoms with Crippen LogP contribution in [0.2, 0.25) is 0 Å². The van der Waals surface area contributed by atoms with Crippen LogP contribution in [0, 0.1) is 11.8 Å². The number of amides is 2. The number of carbonyl (C=O) groups is 2. The molecule has 8 heterocycles. The third kappa shape index (κ3) is 21.3. The summed E-state index contributed by atoms with van der Waals surface area (Å²) < 4.78 is 10.6. The number of halogens is 2. The predicted octanol–water partition coefficient (Wildman–Crippen LogP) is 8.88. The van der Waals surface area contributed by atoms with Crippen LogP contribution in [0.3, 0.4) is 0 Å². The van der Waals surface area contributed by atoms with Gasteiger partial charge in [0.25, 0.3) is 0 Å². The number of quaternary nitrogens is 1. The third-order valence-electron chi connectivity index (χ3n) is 16.4. The first kappa shape index (κ1) is 83.7. The number of aliphatic hydroxyl groups is 3. The number of aromatic nitrogens is 12. The molecule has 0 aliphatic carbocycles. The molecule has 0 saturated heterocycles. The first-order valence-corrected chi connectivity index (χ1v) is 34.0. The second-order valence-corrected chi connectivity index (χ2v) is 26.1. The van der Waals surface area contributed by atoms with Crippen LogP contribution < -0.4 is 58.3 Å². The second-order valence-electron chi connectivity index (χ2n) is 26.1. The summed E-state index contributed by atoms with van der Waals surface area (Å²) in [5, 5.41) is 58.2. The summed E-state index contributed by atoms with van der Waals surface area (Å²) in [5.74, 6) is 5.60. The van der Waals surface area contributed by atoms with Gasteiger partial charge in [-0.05, 0) is 112 Å². The number of carbonyl (C=O) groups excluding carboxylic acids is 2. The van der Waals surface area contributed by atoms with Gasteiger partial charge in [0.1, 0.15) is 57.7 Å². The van der Waals surface area contributed by atoms with E-state index in [4.69, 9.17) is 40.6 Å². The normalized spacial score (nSPS) is 10.7. The number of nitrogens with one attached hydrogen (secondary N) is 4. The van der Waals surface area contributed by atoms with Crippen LogP contribution in [0.5, 0.6) is 0 Å². The fourth-order valence-electron chi connectivity index (χ4n) is 11.5. The second kappa shape index (κ2) is 39.3. The summed E-state index contributed by atoms with van der Waals surface area (Å²) in [6.45, 7) is 11.8. The first-order valence-electron chi connectivity index (χ1n) is 34.0. The van der Waals surface area contributed by atoms with Crippen molar-refractivity contribution in [1.29, 1.82) is 0 Å². The fraction of sp³-hybridized carbons (Fsp3) is 0.171. The molecule has 0 atom stereocenters. The van der Waals surface area contributed by atoms with Gasteiger partial charge in [-0.1, -0.05) is 170 Å². The number of hydrogen-bond acceptors (Lipinski definition) is 17. The van der Waals surface area contributed by atoms with Gasteiger partial charge < -0.3 is 64.6 Å². The van der Waals surface area contributed by atoms with E-state index in [1.165, 1.54) is 10.5 Å². The van der Waals surface area contributed by atoms with E-state index < -0.39 is 23.4 Å². The maximum Gasteiger partial charge on any atom is 1.00 e. The van der Waals surface area contributed by atoms with Crippen molar-refractivity contribution in [3.63, 3.8) is 0 Å². The molecule has 0 aliphatic heterocycles. The Labute approximate surface area is 668 Å². The van der Waals surface area contributed by atoms with Gasteiger partial charge in [-0.3, -0.25) is 14.9 Å². The summed E-state index contributed by atoms with van der Waals surface area (Å²) in [5.41, 5.74) is 36.9. The minimum absolute atomic E-state index is 0. The van der Waals surface area contributed by atoms with Crippen LogP contribution in [0.15, 0.2) is 219 Å². The standard InChI is InChI=1S/C29H28N6O3.C29H27N3O3.C24H20N6O.2ClH.N3.Na/c1-29(2,3)38-28(37)31-16-18-9-11-20(12-10-18)25-21(19-7-5-4-6-8-19)15-22-23(32-25)13-14-30-26(22)27-24(17-36)33-35-34-27;1-29(2,3)35-28(34)31-19-20-11-13-22(14-12-20)27-23(21-8-5-4-6-9-21)18-24-25(10-7-17-33)30-16-15-26(24)32-27;25-13-15-6-8-17(9-7-15)22-18(16-4-2-1-3-5-16)12-19-20(27-22)10-11-26-23(19)24-21(14-31)28-30-29-24;;;1-3-2;/h4-15,36H,16-17H2,1-3H3,(H,31,37)(H,33,34,35);4-6,8-9,11-16,18,33H,17,19H2,1-3H3,(H,31,34);1-12,31H,13-14,25H2,(H,28,29,30);2*1H;;/q;;;;;-1;+1. The molecule has 14 rings (SSSR count). The maximum atomic E-state index is 12.0. The molecule has 110 heavy (non-hydrogen) atoms. The van der Waals surface area contributed by atoms with Crippen molar-refractivity contribution in [1.82, 2.24) is 71.4 Å². The van der Waals surface area contributed by atoms with E-state index in [-0.39, 0.29) is 74.2 Å². The molecule has 10 N–H and O–H groups in total. The Hall–Kier alpha value is -11.9. The topological polar surface area (TPSA) is 384 Å². The van der Waals surface area contributed by atoms with Gasteiger partial charge in [-0.25, -0.2) is 29.5 Å². The Bertz CT molecular complexity index is 5520. The number of aromatic amines is 2. The minimum Gasteiger partial charge on any atom is -1.00 e. The molecule has 6 aromatic carbocycles. The van der Waals surface area contributed by atoms with E-state index in [0.717, 1.165) is 118 Å². The molecule has 0 saturated carbocycles. The molecule has 0 aliphatic rings. The van der Waals surface area contributed by atoms with Crippen LogP contribution in [-0.2, 0) is 42.3 Å². The zero-order valence-electron chi connectivity index (χ0n) is 61.3. The summed E-state index contributed by atoms with van der Waals surface area (Å²) in [6, 6.07) is 66.3. The first-order chi connectivity index (χ1) is 51.9. The molecule has 0 bridgehead atoms. The van der Waals surface area contributed by atoms with Crippen molar-refractivity contribution in [2.24, 2.45) is 0 Å². The number of fused-ring (bicyclic) bond motifs is 3. The average molecular weight is 1520 g/mol. The quantitative estimate of drug-likeness (QED) is 0.0156. The van der Waals surface area contributed by atoms with Crippen LogP contribution >= 0.6 is 12.4 Å². The monoisotopic (exact) mass is 1520 g/mol. The molecule has 8 aromatic heterocycles. The van der Waals surface area contributed by atoms with E-state index in [0.29, 0.717) is 52.9 Å². The van der Waals surface area contributed by atoms with Crippen molar-refractivity contribution in [3.8, 4) is 102 Å². The van der Waals surface area contributed by atoms with E-state index in [2.05, 4.69) is 129 Å². The summed E-state index contributed by atoms with van der Waals surface area (Å²) in [6.07, 6.45) is 4.16. The van der Waals surface area contributed by atoms with E-state index in [9.17, 15) is 19.8 Å². The molecule has 25 nitrogen and oxygen atoms in total. The fourth-order valence-corrected chi connectivity index (χ4v) is 11.5. The Kier molecular flexibility index (Phi) is 29.9. The zero-order valence-corrected chi connectivity index (χ0v) is 64.9. The van der Waals surface area contributed by atoms with Crippen molar-refractivity contribution < 1.29 is 82.1 Å². The summed E-state index contributed by atoms with van der Waals surface area (Å²) in [4.78, 5) is 54.0. The number of alkyl carbamates (subject to hydrolysis) is 2. The Morgan fingerprint density at radius 3 is 1.14 bits per heavy atom. The van der Waals surface area contributed by atoms with E-state index >= 15 is 0 Å². The van der Waals surface area contributed by atoms with Crippen molar-refractivity contribution >= 4 is 57.3 Å². The molecule has 2 amide bonds. The molecule has 552 valence electrons. The van der Waals surface area contributed by atoms with Crippen molar-refractivity contribution in [3.05, 3.63) is 269 Å². The van der Waals surface area contributed by atoms with Crippen LogP contribution in [0.25, 0.3) is 139 Å². The van der Waals surface area contributed by atoms with E-state index in [1.807, 2.05) is 187 Å². The van der Waals surface area contributed by atoms with Gasteiger partial charge in [-0.2, -0.15) is 30.8 Å². The van der Waals surface area contributed by atoms with E-state index in [1.54, 1.807) is 18.6 Å². The Morgan fingerprint density at radius 1 is 0.464 bits per heavy atom. The van der Waals surface area contributed by atoms with Gasteiger partial charge in [0.15, 0.2) is 0 Å². The molecular formula is C82H77Cl2N18NaO7. The van der Waals surface area contributed by atoms with Crippen molar-refractivity contribution in [2.45, 2.75) is 85.6 Å². The molecule has 28 heteroatoms. The number of benzene rings is 6. The average Bonchev–Trinajstić information content (AvgIpc) is 1.13. The molecule has 0 unspecified atom stereocenters. The summed E-state index contributed by atoms with van der Waals surface area (Å²) >= 11 is 0. The van der Waals surface area contributed by atoms with Gasteiger partial charge in [0, 0.05) is 86.8 Å². The maximum absolute atomic E-state index is 12.0. The van der Waals surface area contributed by atoms with Gasteiger partial charge in [0.05, 0.1) is 53.4 Å². The molecule has 0 fully saturated rings. The van der Waals surface area contributed by atoms with Gasteiger partial charge in [0.2, 0.25) is 0 Å².